The molecule has 0 saturated heterocycles. The first-order valence-electron chi connectivity index (χ1n) is 6.57. The van der Waals surface area contributed by atoms with Crippen LogP contribution in [0, 0.1) is 5.92 Å². The molecule has 0 radical (unpaired) electrons. The standard InChI is InChI=1S/C14H21NO3S/c1-12(11-18-19(2,16)17)9-15-8-7-13-5-3-4-6-14(13)10-15/h3-6,12H,7-11H2,1-2H3. The molecule has 0 N–H and O–H groups in total. The number of fused-ring (bicyclic) bond motifs is 1. The van der Waals surface area contributed by atoms with Crippen molar-refractivity contribution in [2.75, 3.05) is 26.0 Å². The van der Waals surface area contributed by atoms with E-state index in [4.69, 9.17) is 4.18 Å². The zero-order valence-electron chi connectivity index (χ0n) is 11.5. The number of nitrogens with zero attached hydrogens (tertiary/aromatic N) is 1. The molecule has 2 rings (SSSR count). The van der Waals surface area contributed by atoms with Crippen molar-refractivity contribution in [3.8, 4) is 0 Å². The molecule has 0 aromatic heterocycles. The van der Waals surface area contributed by atoms with Crippen LogP contribution in [-0.2, 0) is 27.3 Å². The van der Waals surface area contributed by atoms with E-state index in [9.17, 15) is 8.42 Å². The third-order valence-corrected chi connectivity index (χ3v) is 3.91. The molecular weight excluding hydrogens is 262 g/mol. The number of rotatable bonds is 5. The summed E-state index contributed by atoms with van der Waals surface area (Å²) in [5, 5.41) is 0. The zero-order valence-corrected chi connectivity index (χ0v) is 12.3. The average molecular weight is 283 g/mol. The quantitative estimate of drug-likeness (QED) is 0.771. The van der Waals surface area contributed by atoms with Gasteiger partial charge >= 0.3 is 0 Å². The minimum absolute atomic E-state index is 0.208. The highest BCUT2D eigenvalue weighted by molar-refractivity contribution is 7.85. The van der Waals surface area contributed by atoms with Gasteiger partial charge in [-0.25, -0.2) is 0 Å². The Balaban J connectivity index is 1.85. The second kappa shape index (κ2) is 6.03. The van der Waals surface area contributed by atoms with Gasteiger partial charge in [-0.3, -0.25) is 9.08 Å². The fourth-order valence-corrected chi connectivity index (χ4v) is 2.92. The molecule has 19 heavy (non-hydrogen) atoms. The Labute approximate surface area is 115 Å². The smallest absolute Gasteiger partial charge is 0.264 e. The van der Waals surface area contributed by atoms with E-state index in [0.29, 0.717) is 0 Å². The Hall–Kier alpha value is -0.910. The Morgan fingerprint density at radius 1 is 1.32 bits per heavy atom. The first-order chi connectivity index (χ1) is 8.94. The molecule has 1 aromatic rings. The Morgan fingerprint density at radius 2 is 2.00 bits per heavy atom. The predicted octanol–water partition coefficient (Wildman–Crippen LogP) is 1.66. The highest BCUT2D eigenvalue weighted by Gasteiger charge is 2.18. The second-order valence-electron chi connectivity index (χ2n) is 5.35. The number of benzene rings is 1. The van der Waals surface area contributed by atoms with E-state index in [0.717, 1.165) is 32.3 Å². The van der Waals surface area contributed by atoms with E-state index in [-0.39, 0.29) is 12.5 Å². The molecule has 4 nitrogen and oxygen atoms in total. The summed E-state index contributed by atoms with van der Waals surface area (Å²) in [7, 11) is -3.33. The third-order valence-electron chi connectivity index (χ3n) is 3.35. The van der Waals surface area contributed by atoms with Crippen LogP contribution in [-0.4, -0.2) is 39.3 Å². The molecular formula is C14H21NO3S. The van der Waals surface area contributed by atoms with Crippen molar-refractivity contribution in [2.45, 2.75) is 19.9 Å². The van der Waals surface area contributed by atoms with Crippen molar-refractivity contribution in [3.63, 3.8) is 0 Å². The van der Waals surface area contributed by atoms with E-state index in [2.05, 4.69) is 29.2 Å². The molecule has 0 saturated carbocycles. The lowest BCUT2D eigenvalue weighted by molar-refractivity contribution is 0.178. The molecule has 0 aliphatic carbocycles. The molecule has 1 unspecified atom stereocenters. The molecule has 0 bridgehead atoms. The fourth-order valence-electron chi connectivity index (χ4n) is 2.44. The monoisotopic (exact) mass is 283 g/mol. The normalized spacial score (nSPS) is 18.0. The molecule has 0 amide bonds. The molecule has 1 atom stereocenters. The van der Waals surface area contributed by atoms with Gasteiger partial charge in [-0.1, -0.05) is 31.2 Å². The summed E-state index contributed by atoms with van der Waals surface area (Å²) < 4.78 is 26.8. The summed E-state index contributed by atoms with van der Waals surface area (Å²) in [4.78, 5) is 2.36. The third kappa shape index (κ3) is 4.60. The lowest BCUT2D eigenvalue weighted by Crippen LogP contribution is -2.35. The van der Waals surface area contributed by atoms with E-state index in [1.54, 1.807) is 0 Å². The second-order valence-corrected chi connectivity index (χ2v) is 6.99. The van der Waals surface area contributed by atoms with Crippen molar-refractivity contribution in [2.24, 2.45) is 5.92 Å². The summed E-state index contributed by atoms with van der Waals surface area (Å²) in [5.74, 6) is 0.208. The Kier molecular flexibility index (Phi) is 4.60. The van der Waals surface area contributed by atoms with Crippen molar-refractivity contribution in [1.82, 2.24) is 4.90 Å². The maximum absolute atomic E-state index is 11.0. The van der Waals surface area contributed by atoms with Gasteiger partial charge in [-0.2, -0.15) is 8.42 Å². The maximum atomic E-state index is 11.0. The van der Waals surface area contributed by atoms with Gasteiger partial charge < -0.3 is 0 Å². The largest absolute Gasteiger partial charge is 0.298 e. The van der Waals surface area contributed by atoms with E-state index in [1.807, 2.05) is 6.92 Å². The lowest BCUT2D eigenvalue weighted by Gasteiger charge is -2.30. The highest BCUT2D eigenvalue weighted by Crippen LogP contribution is 2.19. The van der Waals surface area contributed by atoms with Crippen LogP contribution in [0.15, 0.2) is 24.3 Å². The summed E-state index contributed by atoms with van der Waals surface area (Å²) in [5.41, 5.74) is 2.81. The van der Waals surface area contributed by atoms with Crippen molar-refractivity contribution >= 4 is 10.1 Å². The van der Waals surface area contributed by atoms with Gasteiger partial charge in [-0.05, 0) is 23.5 Å². The summed E-state index contributed by atoms with van der Waals surface area (Å²) in [6, 6.07) is 8.50. The zero-order chi connectivity index (χ0) is 13.9. The Bertz CT molecular complexity index is 527. The minimum atomic E-state index is -3.33. The molecule has 0 fully saturated rings. The molecule has 1 aliphatic heterocycles. The van der Waals surface area contributed by atoms with Crippen LogP contribution < -0.4 is 0 Å². The molecule has 1 heterocycles. The van der Waals surface area contributed by atoms with Crippen LogP contribution >= 0.6 is 0 Å². The predicted molar refractivity (Wildman–Crippen MR) is 75.4 cm³/mol. The van der Waals surface area contributed by atoms with E-state index < -0.39 is 10.1 Å². The maximum Gasteiger partial charge on any atom is 0.264 e. The molecule has 5 heteroatoms. The van der Waals surface area contributed by atoms with Gasteiger partial charge in [0.25, 0.3) is 10.1 Å². The van der Waals surface area contributed by atoms with Crippen LogP contribution in [0.1, 0.15) is 18.1 Å². The lowest BCUT2D eigenvalue weighted by atomic mass is 9.99. The van der Waals surface area contributed by atoms with Crippen LogP contribution in [0.3, 0.4) is 0 Å². The van der Waals surface area contributed by atoms with Crippen LogP contribution in [0.25, 0.3) is 0 Å². The molecule has 106 valence electrons. The molecule has 1 aromatic carbocycles. The van der Waals surface area contributed by atoms with Gasteiger partial charge in [0.2, 0.25) is 0 Å². The summed E-state index contributed by atoms with van der Waals surface area (Å²) >= 11 is 0. The average Bonchev–Trinajstić information content (AvgIpc) is 2.35. The van der Waals surface area contributed by atoms with Crippen molar-refractivity contribution in [3.05, 3.63) is 35.4 Å². The number of hydrogen-bond acceptors (Lipinski definition) is 4. The van der Waals surface area contributed by atoms with E-state index >= 15 is 0 Å². The first-order valence-corrected chi connectivity index (χ1v) is 8.39. The minimum Gasteiger partial charge on any atom is -0.298 e. The van der Waals surface area contributed by atoms with Crippen molar-refractivity contribution < 1.29 is 12.6 Å². The van der Waals surface area contributed by atoms with Gasteiger partial charge in [-0.15, -0.1) is 0 Å². The first kappa shape index (κ1) is 14.5. The SMILES string of the molecule is CC(COS(C)(=O)=O)CN1CCc2ccccc2C1. The van der Waals surface area contributed by atoms with Crippen molar-refractivity contribution in [1.29, 1.82) is 0 Å². The van der Waals surface area contributed by atoms with E-state index in [1.165, 1.54) is 11.1 Å². The Morgan fingerprint density at radius 3 is 2.68 bits per heavy atom. The number of hydrogen-bond donors (Lipinski definition) is 0. The van der Waals surface area contributed by atoms with Crippen LogP contribution in [0.4, 0.5) is 0 Å². The van der Waals surface area contributed by atoms with Gasteiger partial charge in [0.05, 0.1) is 12.9 Å². The van der Waals surface area contributed by atoms with Crippen LogP contribution in [0.2, 0.25) is 0 Å². The van der Waals surface area contributed by atoms with Gasteiger partial charge in [0.1, 0.15) is 0 Å². The van der Waals surface area contributed by atoms with Crippen LogP contribution in [0.5, 0.6) is 0 Å². The molecule has 1 aliphatic rings. The van der Waals surface area contributed by atoms with Gasteiger partial charge in [0, 0.05) is 19.6 Å². The summed E-state index contributed by atoms with van der Waals surface area (Å²) in [6.07, 6.45) is 2.16. The molecule has 0 spiro atoms. The van der Waals surface area contributed by atoms with Gasteiger partial charge in [0.15, 0.2) is 0 Å². The summed E-state index contributed by atoms with van der Waals surface area (Å²) in [6.45, 7) is 5.12. The highest BCUT2D eigenvalue weighted by atomic mass is 32.2. The topological polar surface area (TPSA) is 46.6 Å². The fraction of sp³-hybridized carbons (Fsp3) is 0.571.